The summed E-state index contributed by atoms with van der Waals surface area (Å²) in [6, 6.07) is 15.0. The van der Waals surface area contributed by atoms with E-state index in [9.17, 15) is 5.11 Å². The van der Waals surface area contributed by atoms with Gasteiger partial charge in [-0.15, -0.1) is 0 Å². The molecule has 1 aliphatic rings. The topological polar surface area (TPSA) is 57.0 Å². The molecule has 0 spiro atoms. The van der Waals surface area contributed by atoms with Crippen LogP contribution in [0.25, 0.3) is 0 Å². The van der Waals surface area contributed by atoms with E-state index < -0.39 is 0 Å². The second-order valence-corrected chi connectivity index (χ2v) is 5.05. The highest BCUT2D eigenvalue weighted by molar-refractivity contribution is 6.50. The summed E-state index contributed by atoms with van der Waals surface area (Å²) in [7, 11) is 0. The van der Waals surface area contributed by atoms with Gasteiger partial charge >= 0.3 is 0 Å². The van der Waals surface area contributed by atoms with Crippen LogP contribution in [-0.4, -0.2) is 29.7 Å². The van der Waals surface area contributed by atoms with Crippen molar-refractivity contribution in [3.05, 3.63) is 59.1 Å². The number of aliphatic imine (C=N–C) groups is 2. The quantitative estimate of drug-likeness (QED) is 0.851. The third-order valence-electron chi connectivity index (χ3n) is 3.22. The molecule has 106 valence electrons. The van der Waals surface area contributed by atoms with Crippen LogP contribution >= 0.6 is 11.6 Å². The maximum atomic E-state index is 9.41. The molecule has 1 aliphatic heterocycles. The second kappa shape index (κ2) is 5.97. The van der Waals surface area contributed by atoms with Crippen molar-refractivity contribution in [2.24, 2.45) is 9.98 Å². The van der Waals surface area contributed by atoms with Crippen LogP contribution in [0.15, 0.2) is 58.5 Å². The smallest absolute Gasteiger partial charge is 0.134 e. The molecule has 0 atom stereocenters. The first-order valence-corrected chi connectivity index (χ1v) is 6.98. The summed E-state index contributed by atoms with van der Waals surface area (Å²) in [5, 5.41) is 13.0. The molecule has 0 saturated heterocycles. The van der Waals surface area contributed by atoms with Gasteiger partial charge in [-0.25, -0.2) is 0 Å². The lowest BCUT2D eigenvalue weighted by Gasteiger charge is -2.09. The van der Waals surface area contributed by atoms with Crippen molar-refractivity contribution in [3.8, 4) is 5.75 Å². The molecule has 5 heteroatoms. The van der Waals surface area contributed by atoms with Gasteiger partial charge in [-0.3, -0.25) is 9.98 Å². The molecule has 0 radical (unpaired) electrons. The van der Waals surface area contributed by atoms with E-state index in [1.165, 1.54) is 0 Å². The van der Waals surface area contributed by atoms with Gasteiger partial charge in [0.05, 0.1) is 23.0 Å². The lowest BCUT2D eigenvalue weighted by atomic mass is 10.1. The normalized spacial score (nSPS) is 13.8. The lowest BCUT2D eigenvalue weighted by Crippen LogP contribution is -2.22. The zero-order valence-electron chi connectivity index (χ0n) is 11.3. The fraction of sp³-hybridized carbons (Fsp3) is 0.125. The Morgan fingerprint density at radius 1 is 1.10 bits per heavy atom. The summed E-state index contributed by atoms with van der Waals surface area (Å²) < 4.78 is 0. The van der Waals surface area contributed by atoms with Gasteiger partial charge in [-0.2, -0.15) is 0 Å². The largest absolute Gasteiger partial charge is 0.506 e. The van der Waals surface area contributed by atoms with E-state index in [2.05, 4.69) is 15.3 Å². The number of benzene rings is 2. The van der Waals surface area contributed by atoms with E-state index in [0.29, 0.717) is 18.2 Å². The predicted molar refractivity (Wildman–Crippen MR) is 86.9 cm³/mol. The zero-order chi connectivity index (χ0) is 14.7. The van der Waals surface area contributed by atoms with E-state index in [4.69, 9.17) is 11.6 Å². The van der Waals surface area contributed by atoms with Crippen molar-refractivity contribution in [2.45, 2.75) is 0 Å². The number of hydrogen-bond acceptors (Lipinski definition) is 4. The number of halogens is 1. The maximum absolute atomic E-state index is 9.41. The lowest BCUT2D eigenvalue weighted by molar-refractivity contribution is 0.475. The zero-order valence-corrected chi connectivity index (χ0v) is 12.0. The molecule has 4 nitrogen and oxygen atoms in total. The number of aromatic hydroxyl groups is 1. The number of nitrogens with one attached hydrogen (secondary N) is 1. The number of phenolic OH excluding ortho intramolecular Hbond substituents is 1. The summed E-state index contributed by atoms with van der Waals surface area (Å²) in [5.41, 5.74) is 3.75. The first-order chi connectivity index (χ1) is 10.2. The minimum atomic E-state index is 0.0759. The van der Waals surface area contributed by atoms with E-state index >= 15 is 0 Å². The highest BCUT2D eigenvalue weighted by atomic mass is 35.5. The molecule has 0 unspecified atom stereocenters. The Morgan fingerprint density at radius 3 is 2.67 bits per heavy atom. The van der Waals surface area contributed by atoms with Crippen LogP contribution in [0.1, 0.15) is 5.56 Å². The van der Waals surface area contributed by atoms with Crippen LogP contribution in [0.2, 0.25) is 5.02 Å². The molecule has 0 aromatic heterocycles. The number of nitrogens with zero attached hydrogens (tertiary/aromatic N) is 2. The Balaban J connectivity index is 1.71. The molecule has 2 N–H and O–H groups in total. The van der Waals surface area contributed by atoms with Crippen molar-refractivity contribution in [1.29, 1.82) is 0 Å². The van der Waals surface area contributed by atoms with Gasteiger partial charge in [0.2, 0.25) is 0 Å². The third kappa shape index (κ3) is 3.06. The molecule has 2 aromatic carbocycles. The van der Waals surface area contributed by atoms with Gasteiger partial charge < -0.3 is 10.4 Å². The van der Waals surface area contributed by atoms with Crippen molar-refractivity contribution in [1.82, 2.24) is 0 Å². The minimum Gasteiger partial charge on any atom is -0.506 e. The molecule has 21 heavy (non-hydrogen) atoms. The molecule has 0 amide bonds. The molecule has 3 rings (SSSR count). The van der Waals surface area contributed by atoms with Crippen molar-refractivity contribution >= 4 is 28.7 Å². The first kappa shape index (κ1) is 13.6. The SMILES string of the molecule is Oc1ccc(NCC2=NCN=C2c2ccccc2)cc1Cl. The predicted octanol–water partition coefficient (Wildman–Crippen LogP) is 3.36. The van der Waals surface area contributed by atoms with Crippen molar-refractivity contribution in [3.63, 3.8) is 0 Å². The minimum absolute atomic E-state index is 0.0759. The van der Waals surface area contributed by atoms with Gasteiger partial charge in [-0.05, 0) is 18.2 Å². The summed E-state index contributed by atoms with van der Waals surface area (Å²) >= 11 is 5.89. The fourth-order valence-electron chi connectivity index (χ4n) is 2.15. The summed E-state index contributed by atoms with van der Waals surface area (Å²) in [6.07, 6.45) is 0. The van der Waals surface area contributed by atoms with Gasteiger partial charge in [0.25, 0.3) is 0 Å². The maximum Gasteiger partial charge on any atom is 0.134 e. The van der Waals surface area contributed by atoms with Gasteiger partial charge in [0, 0.05) is 11.3 Å². The van der Waals surface area contributed by atoms with E-state index in [-0.39, 0.29) is 5.75 Å². The van der Waals surface area contributed by atoms with Crippen LogP contribution in [0.3, 0.4) is 0 Å². The summed E-state index contributed by atoms with van der Waals surface area (Å²) in [6.45, 7) is 1.03. The first-order valence-electron chi connectivity index (χ1n) is 6.60. The highest BCUT2D eigenvalue weighted by Crippen LogP contribution is 2.26. The highest BCUT2D eigenvalue weighted by Gasteiger charge is 2.15. The third-order valence-corrected chi connectivity index (χ3v) is 3.52. The van der Waals surface area contributed by atoms with E-state index in [1.54, 1.807) is 18.2 Å². The molecule has 0 saturated carbocycles. The summed E-state index contributed by atoms with van der Waals surface area (Å²) in [4.78, 5) is 8.85. The molecule has 1 heterocycles. The summed E-state index contributed by atoms with van der Waals surface area (Å²) in [5.74, 6) is 0.0759. The number of rotatable bonds is 4. The standard InChI is InChI=1S/C16H14ClN3O/c17-13-8-12(6-7-15(13)21)18-9-14-16(20-10-19-14)11-4-2-1-3-5-11/h1-8,18,21H,9-10H2. The van der Waals surface area contributed by atoms with E-state index in [1.807, 2.05) is 30.3 Å². The fourth-order valence-corrected chi connectivity index (χ4v) is 2.33. The Bertz CT molecular complexity index is 711. The van der Waals surface area contributed by atoms with Gasteiger partial charge in [-0.1, -0.05) is 41.9 Å². The van der Waals surface area contributed by atoms with Crippen LogP contribution in [0, 0.1) is 0 Å². The van der Waals surface area contributed by atoms with Crippen molar-refractivity contribution in [2.75, 3.05) is 18.5 Å². The Labute approximate surface area is 127 Å². The Kier molecular flexibility index (Phi) is 3.88. The van der Waals surface area contributed by atoms with Crippen LogP contribution in [0.5, 0.6) is 5.75 Å². The Morgan fingerprint density at radius 2 is 1.90 bits per heavy atom. The molecular weight excluding hydrogens is 286 g/mol. The molecular formula is C16H14ClN3O. The molecule has 0 aliphatic carbocycles. The Hall–Kier alpha value is -2.33. The molecule has 0 bridgehead atoms. The number of hydrogen-bond donors (Lipinski definition) is 2. The van der Waals surface area contributed by atoms with Gasteiger partial charge in [0.15, 0.2) is 0 Å². The van der Waals surface area contributed by atoms with Crippen LogP contribution in [0.4, 0.5) is 5.69 Å². The van der Waals surface area contributed by atoms with E-state index in [0.717, 1.165) is 22.7 Å². The average molecular weight is 300 g/mol. The average Bonchev–Trinajstić information content (AvgIpc) is 2.98. The van der Waals surface area contributed by atoms with Crippen LogP contribution in [-0.2, 0) is 0 Å². The number of phenols is 1. The molecule has 2 aromatic rings. The van der Waals surface area contributed by atoms with Crippen LogP contribution < -0.4 is 5.32 Å². The number of anilines is 1. The molecule has 0 fully saturated rings. The second-order valence-electron chi connectivity index (χ2n) is 4.64. The van der Waals surface area contributed by atoms with Crippen molar-refractivity contribution < 1.29 is 5.11 Å². The monoisotopic (exact) mass is 299 g/mol. The van der Waals surface area contributed by atoms with Gasteiger partial charge in [0.1, 0.15) is 12.4 Å².